The summed E-state index contributed by atoms with van der Waals surface area (Å²) in [6, 6.07) is 12.3. The van der Waals surface area contributed by atoms with Crippen LogP contribution in [0.15, 0.2) is 55.2 Å². The Labute approximate surface area is 98.4 Å². The smallest absolute Gasteiger partial charge is 0.258 e. The average molecular weight is 226 g/mol. The Morgan fingerprint density at radius 1 is 1.18 bits per heavy atom. The Morgan fingerprint density at radius 3 is 2.53 bits per heavy atom. The summed E-state index contributed by atoms with van der Waals surface area (Å²) in [6.45, 7) is 3.87. The van der Waals surface area contributed by atoms with E-state index in [1.807, 2.05) is 30.3 Å². The Kier molecular flexibility index (Phi) is 2.96. The third kappa shape index (κ3) is 2.20. The van der Waals surface area contributed by atoms with Crippen LogP contribution in [-0.4, -0.2) is 9.91 Å². The molecule has 1 aromatic carbocycles. The molecule has 0 spiro atoms. The summed E-state index contributed by atoms with van der Waals surface area (Å²) in [4.78, 5) is 14.5. The van der Waals surface area contributed by atoms with Crippen LogP contribution in [0.4, 0.5) is 5.69 Å². The molecule has 0 bridgehead atoms. The number of pyridine rings is 1. The number of nitro groups is 1. The van der Waals surface area contributed by atoms with E-state index in [4.69, 9.17) is 0 Å². The van der Waals surface area contributed by atoms with E-state index in [1.165, 1.54) is 12.3 Å². The van der Waals surface area contributed by atoms with Crippen molar-refractivity contribution in [3.05, 3.63) is 76.6 Å². The van der Waals surface area contributed by atoms with Crippen LogP contribution in [0.3, 0.4) is 0 Å². The molecule has 0 saturated heterocycles. The monoisotopic (exact) mass is 226 g/mol. The zero-order valence-corrected chi connectivity index (χ0v) is 9.04. The number of hydrogen-bond donors (Lipinski definition) is 0. The van der Waals surface area contributed by atoms with Gasteiger partial charge in [-0.2, -0.15) is 0 Å². The topological polar surface area (TPSA) is 56.0 Å². The van der Waals surface area contributed by atoms with Crippen molar-refractivity contribution in [3.63, 3.8) is 0 Å². The minimum atomic E-state index is -0.448. The van der Waals surface area contributed by atoms with E-state index in [1.54, 1.807) is 6.07 Å². The molecule has 2 aromatic rings. The van der Waals surface area contributed by atoms with Gasteiger partial charge in [0.25, 0.3) is 5.69 Å². The zero-order valence-electron chi connectivity index (χ0n) is 9.04. The van der Waals surface area contributed by atoms with Gasteiger partial charge in [-0.05, 0) is 11.6 Å². The number of hydrogen-bond acceptors (Lipinski definition) is 3. The second-order valence-electron chi connectivity index (χ2n) is 3.47. The Balaban J connectivity index is 2.48. The van der Waals surface area contributed by atoms with Crippen LogP contribution in [0, 0.1) is 10.1 Å². The third-order valence-electron chi connectivity index (χ3n) is 2.39. The molecule has 4 heteroatoms. The van der Waals surface area contributed by atoms with E-state index in [-0.39, 0.29) is 5.69 Å². The van der Waals surface area contributed by atoms with Crippen LogP contribution in [0.5, 0.6) is 0 Å². The molecule has 0 fully saturated rings. The van der Waals surface area contributed by atoms with E-state index in [0.29, 0.717) is 11.3 Å². The van der Waals surface area contributed by atoms with Gasteiger partial charge in [0.05, 0.1) is 4.92 Å². The molecule has 0 aliphatic rings. The molecule has 0 unspecified atom stereocenters. The van der Waals surface area contributed by atoms with E-state index in [0.717, 1.165) is 5.56 Å². The van der Waals surface area contributed by atoms with Crippen molar-refractivity contribution in [2.45, 2.75) is 0 Å². The first-order valence-corrected chi connectivity index (χ1v) is 5.04. The van der Waals surface area contributed by atoms with Crippen molar-refractivity contribution in [2.75, 3.05) is 0 Å². The molecule has 2 rings (SSSR count). The molecule has 84 valence electrons. The van der Waals surface area contributed by atoms with Gasteiger partial charge in [0.15, 0.2) is 0 Å². The first kappa shape index (κ1) is 11.0. The summed E-state index contributed by atoms with van der Waals surface area (Å²) in [7, 11) is 0. The normalized spacial score (nSPS) is 9.88. The number of rotatable bonds is 3. The summed E-state index contributed by atoms with van der Waals surface area (Å²) >= 11 is 0. The maximum atomic E-state index is 10.9. The molecule has 4 nitrogen and oxygen atoms in total. The Bertz CT molecular complexity index is 565. The second-order valence-corrected chi connectivity index (χ2v) is 3.47. The molecule has 17 heavy (non-hydrogen) atoms. The predicted molar refractivity (Wildman–Crippen MR) is 65.5 cm³/mol. The minimum Gasteiger partial charge on any atom is -0.258 e. The lowest BCUT2D eigenvalue weighted by Crippen LogP contribution is -1.97. The molecule has 1 aromatic heterocycles. The summed E-state index contributed by atoms with van der Waals surface area (Å²) < 4.78 is 0. The molecule has 0 aliphatic heterocycles. The van der Waals surface area contributed by atoms with Gasteiger partial charge in [0, 0.05) is 17.8 Å². The molecule has 0 N–H and O–H groups in total. The predicted octanol–water partition coefficient (Wildman–Crippen LogP) is 3.05. The standard InChI is InChI=1S/C13H10N2O2/c1-10(11-6-3-2-4-7-11)13-12(15(16)17)8-5-9-14-13/h2-9H,1H2. The van der Waals surface area contributed by atoms with Crippen molar-refractivity contribution in [2.24, 2.45) is 0 Å². The van der Waals surface area contributed by atoms with Crippen LogP contribution < -0.4 is 0 Å². The lowest BCUT2D eigenvalue weighted by molar-refractivity contribution is -0.385. The van der Waals surface area contributed by atoms with E-state index in [9.17, 15) is 10.1 Å². The van der Waals surface area contributed by atoms with Crippen molar-refractivity contribution in [1.29, 1.82) is 0 Å². The van der Waals surface area contributed by atoms with Crippen molar-refractivity contribution in [1.82, 2.24) is 4.98 Å². The average Bonchev–Trinajstić information content (AvgIpc) is 2.39. The first-order valence-electron chi connectivity index (χ1n) is 5.04. The number of aromatic nitrogens is 1. The van der Waals surface area contributed by atoms with E-state index < -0.39 is 4.92 Å². The summed E-state index contributed by atoms with van der Waals surface area (Å²) in [5, 5.41) is 10.9. The van der Waals surface area contributed by atoms with Gasteiger partial charge < -0.3 is 0 Å². The Morgan fingerprint density at radius 2 is 1.88 bits per heavy atom. The molecular formula is C13H10N2O2. The summed E-state index contributed by atoms with van der Waals surface area (Å²) in [6.07, 6.45) is 1.52. The van der Waals surface area contributed by atoms with Gasteiger partial charge in [-0.25, -0.2) is 4.98 Å². The largest absolute Gasteiger partial charge is 0.295 e. The molecule has 0 amide bonds. The van der Waals surface area contributed by atoms with Crippen LogP contribution in [0.1, 0.15) is 11.3 Å². The van der Waals surface area contributed by atoms with Gasteiger partial charge in [-0.1, -0.05) is 36.9 Å². The fraction of sp³-hybridized carbons (Fsp3) is 0. The highest BCUT2D eigenvalue weighted by Gasteiger charge is 2.17. The second kappa shape index (κ2) is 4.57. The van der Waals surface area contributed by atoms with Crippen molar-refractivity contribution >= 4 is 11.3 Å². The van der Waals surface area contributed by atoms with E-state index in [2.05, 4.69) is 11.6 Å². The van der Waals surface area contributed by atoms with Crippen LogP contribution in [-0.2, 0) is 0 Å². The van der Waals surface area contributed by atoms with Crippen molar-refractivity contribution < 1.29 is 4.92 Å². The lowest BCUT2D eigenvalue weighted by atomic mass is 10.0. The van der Waals surface area contributed by atoms with Gasteiger partial charge in [-0.15, -0.1) is 0 Å². The molecule has 1 heterocycles. The SMILES string of the molecule is C=C(c1ccccc1)c1ncccc1[N+](=O)[O-]. The third-order valence-corrected chi connectivity index (χ3v) is 2.39. The van der Waals surface area contributed by atoms with Crippen LogP contribution >= 0.6 is 0 Å². The zero-order chi connectivity index (χ0) is 12.3. The van der Waals surface area contributed by atoms with Crippen LogP contribution in [0.2, 0.25) is 0 Å². The quantitative estimate of drug-likeness (QED) is 0.597. The van der Waals surface area contributed by atoms with Crippen molar-refractivity contribution in [3.8, 4) is 0 Å². The van der Waals surface area contributed by atoms with Gasteiger partial charge in [-0.3, -0.25) is 10.1 Å². The first-order chi connectivity index (χ1) is 8.20. The fourth-order valence-electron chi connectivity index (χ4n) is 1.55. The maximum absolute atomic E-state index is 10.9. The molecular weight excluding hydrogens is 216 g/mol. The highest BCUT2D eigenvalue weighted by Crippen LogP contribution is 2.26. The molecule has 0 saturated carbocycles. The van der Waals surface area contributed by atoms with Gasteiger partial charge in [0.2, 0.25) is 0 Å². The molecule has 0 aliphatic carbocycles. The lowest BCUT2D eigenvalue weighted by Gasteiger charge is -2.05. The summed E-state index contributed by atoms with van der Waals surface area (Å²) in [5.41, 5.74) is 1.66. The summed E-state index contributed by atoms with van der Waals surface area (Å²) in [5.74, 6) is 0. The number of nitrogens with zero attached hydrogens (tertiary/aromatic N) is 2. The highest BCUT2D eigenvalue weighted by atomic mass is 16.6. The molecule has 0 atom stereocenters. The van der Waals surface area contributed by atoms with Crippen LogP contribution in [0.25, 0.3) is 5.57 Å². The maximum Gasteiger partial charge on any atom is 0.295 e. The Hall–Kier alpha value is -2.49. The molecule has 0 radical (unpaired) electrons. The number of benzene rings is 1. The van der Waals surface area contributed by atoms with E-state index >= 15 is 0 Å². The van der Waals surface area contributed by atoms with Gasteiger partial charge >= 0.3 is 0 Å². The fourth-order valence-corrected chi connectivity index (χ4v) is 1.55. The highest BCUT2D eigenvalue weighted by molar-refractivity contribution is 5.80. The minimum absolute atomic E-state index is 0.0265. The van der Waals surface area contributed by atoms with Gasteiger partial charge in [0.1, 0.15) is 5.69 Å².